The highest BCUT2D eigenvalue weighted by Crippen LogP contribution is 2.05. The summed E-state index contributed by atoms with van der Waals surface area (Å²) in [7, 11) is 3.71. The molecule has 3 aromatic heterocycles. The van der Waals surface area contributed by atoms with Crippen molar-refractivity contribution in [2.75, 3.05) is 24.7 Å². The third kappa shape index (κ3) is 7.87. The fourth-order valence-electron chi connectivity index (χ4n) is 1.17. The lowest BCUT2D eigenvalue weighted by Crippen LogP contribution is -2.08. The van der Waals surface area contributed by atoms with Crippen LogP contribution in [-0.4, -0.2) is 44.7 Å². The molecule has 11 heteroatoms. The molecule has 0 atom stereocenters. The Balaban J connectivity index is 0.000000327. The Morgan fingerprint density at radius 2 is 1.08 bits per heavy atom. The Morgan fingerprint density at radius 1 is 0.667 bits per heavy atom. The fraction of sp³-hybridized carbons (Fsp3) is 0.538. The largest absolute Gasteiger partial charge is 0.426 e. The second kappa shape index (κ2) is 9.92. The van der Waals surface area contributed by atoms with Gasteiger partial charge >= 0.3 is 12.0 Å². The van der Waals surface area contributed by atoms with Gasteiger partial charge in [-0.15, -0.1) is 20.4 Å². The van der Waals surface area contributed by atoms with Crippen molar-refractivity contribution in [2.45, 2.75) is 35.1 Å². The van der Waals surface area contributed by atoms with Gasteiger partial charge in [0.2, 0.25) is 23.6 Å². The molecule has 11 nitrogen and oxygen atoms in total. The van der Waals surface area contributed by atoms with Gasteiger partial charge in [-0.05, 0) is 0 Å². The van der Waals surface area contributed by atoms with E-state index in [0.717, 1.165) is 0 Å². The smallest absolute Gasteiger partial charge is 0.317 e. The zero-order chi connectivity index (χ0) is 17.4. The number of hydrogen-bond acceptors (Lipinski definition) is 11. The minimum atomic E-state index is 0. The SMILES string of the molecule is C.Cc1nnc(C)o1.Cc1nnc(N(C)C)o1.Cc1nnc(N)o1. The molecule has 0 bridgehead atoms. The lowest BCUT2D eigenvalue weighted by atomic mass is 10.8. The number of aryl methyl sites for hydroxylation is 4. The van der Waals surface area contributed by atoms with Crippen molar-refractivity contribution >= 4 is 12.0 Å². The lowest BCUT2D eigenvalue weighted by molar-refractivity contribution is 0.489. The lowest BCUT2D eigenvalue weighted by Gasteiger charge is -2.01. The second-order valence-corrected chi connectivity index (χ2v) is 4.50. The van der Waals surface area contributed by atoms with Gasteiger partial charge in [-0.3, -0.25) is 0 Å². The van der Waals surface area contributed by atoms with Gasteiger partial charge in [-0.2, -0.15) is 0 Å². The summed E-state index contributed by atoms with van der Waals surface area (Å²) in [4.78, 5) is 1.76. The normalized spacial score (nSPS) is 9.08. The van der Waals surface area contributed by atoms with E-state index in [2.05, 4.69) is 35.0 Å². The van der Waals surface area contributed by atoms with E-state index in [1.54, 1.807) is 32.6 Å². The Bertz CT molecular complexity index is 632. The number of aromatic nitrogens is 6. The van der Waals surface area contributed by atoms with E-state index in [1.165, 1.54) is 0 Å². The van der Waals surface area contributed by atoms with Gasteiger partial charge in [-0.1, -0.05) is 17.6 Å². The van der Waals surface area contributed by atoms with Gasteiger partial charge in [0.05, 0.1) is 0 Å². The predicted octanol–water partition coefficient (Wildman–Crippen LogP) is 1.73. The second-order valence-electron chi connectivity index (χ2n) is 4.50. The Morgan fingerprint density at radius 3 is 1.25 bits per heavy atom. The first-order valence-electron chi connectivity index (χ1n) is 6.57. The van der Waals surface area contributed by atoms with E-state index in [0.29, 0.717) is 29.6 Å². The van der Waals surface area contributed by atoms with Crippen molar-refractivity contribution in [2.24, 2.45) is 0 Å². The van der Waals surface area contributed by atoms with Gasteiger partial charge in [0.25, 0.3) is 0 Å². The standard InChI is InChI=1S/C5H9N3O.C4H6N2O.C3H5N3O.CH4/c1-4-6-7-5(9-4)8(2)3;1-3-5-6-4(2)7-3;1-2-5-6-3(4)7-2;/h1-3H3;1-2H3;1H3,(H2,4,6);1H4. The minimum absolute atomic E-state index is 0. The number of hydrogen-bond donors (Lipinski definition) is 1. The third-order valence-electron chi connectivity index (χ3n) is 2.07. The highest BCUT2D eigenvalue weighted by atomic mass is 16.4. The van der Waals surface area contributed by atoms with Crippen LogP contribution in [0.5, 0.6) is 0 Å². The van der Waals surface area contributed by atoms with Crippen molar-refractivity contribution in [1.82, 2.24) is 30.6 Å². The Labute approximate surface area is 140 Å². The van der Waals surface area contributed by atoms with E-state index in [1.807, 2.05) is 14.1 Å². The molecule has 0 unspecified atom stereocenters. The first-order valence-corrected chi connectivity index (χ1v) is 6.57. The molecule has 134 valence electrons. The van der Waals surface area contributed by atoms with E-state index < -0.39 is 0 Å². The van der Waals surface area contributed by atoms with Crippen molar-refractivity contribution in [3.8, 4) is 0 Å². The Hall–Kier alpha value is -2.98. The number of nitrogen functional groups attached to an aromatic ring is 1. The summed E-state index contributed by atoms with van der Waals surface area (Å²) in [5.74, 6) is 2.34. The van der Waals surface area contributed by atoms with Gasteiger partial charge in [0.15, 0.2) is 0 Å². The van der Waals surface area contributed by atoms with Gasteiger partial charge in [0.1, 0.15) is 0 Å². The maximum Gasteiger partial charge on any atom is 0.317 e. The highest BCUT2D eigenvalue weighted by molar-refractivity contribution is 5.18. The van der Waals surface area contributed by atoms with E-state index >= 15 is 0 Å². The topological polar surface area (TPSA) is 146 Å². The summed E-state index contributed by atoms with van der Waals surface area (Å²) in [6.45, 7) is 6.98. The van der Waals surface area contributed by atoms with Crippen molar-refractivity contribution in [3.63, 3.8) is 0 Å². The van der Waals surface area contributed by atoms with Gasteiger partial charge in [0, 0.05) is 41.8 Å². The minimum Gasteiger partial charge on any atom is -0.426 e. The quantitative estimate of drug-likeness (QED) is 0.690. The molecule has 0 aliphatic heterocycles. The van der Waals surface area contributed by atoms with Crippen molar-refractivity contribution in [1.29, 1.82) is 0 Å². The molecular formula is C13H24N8O3. The van der Waals surface area contributed by atoms with Crippen LogP contribution >= 0.6 is 0 Å². The molecule has 24 heavy (non-hydrogen) atoms. The summed E-state index contributed by atoms with van der Waals surface area (Å²) in [6, 6.07) is 0.671. The molecule has 3 heterocycles. The summed E-state index contributed by atoms with van der Waals surface area (Å²) in [5.41, 5.74) is 5.04. The van der Waals surface area contributed by atoms with Crippen LogP contribution in [0.15, 0.2) is 13.3 Å². The Kier molecular flexibility index (Phi) is 8.69. The zero-order valence-electron chi connectivity index (χ0n) is 13.9. The van der Waals surface area contributed by atoms with Crippen LogP contribution in [0.3, 0.4) is 0 Å². The number of nitrogens with two attached hydrogens (primary N) is 1. The fourth-order valence-corrected chi connectivity index (χ4v) is 1.17. The van der Waals surface area contributed by atoms with Crippen molar-refractivity contribution in [3.05, 3.63) is 23.6 Å². The van der Waals surface area contributed by atoms with Crippen LogP contribution in [0.1, 0.15) is 31.0 Å². The van der Waals surface area contributed by atoms with E-state index in [9.17, 15) is 0 Å². The molecule has 3 aromatic rings. The van der Waals surface area contributed by atoms with Crippen LogP contribution in [0.2, 0.25) is 0 Å². The van der Waals surface area contributed by atoms with Crippen LogP contribution < -0.4 is 10.6 Å². The first kappa shape index (κ1) is 21.0. The molecule has 3 rings (SSSR count). The molecule has 0 aliphatic carbocycles. The number of anilines is 2. The monoisotopic (exact) mass is 340 g/mol. The zero-order valence-corrected chi connectivity index (χ0v) is 13.9. The van der Waals surface area contributed by atoms with Crippen LogP contribution in [0, 0.1) is 27.7 Å². The summed E-state index contributed by atoms with van der Waals surface area (Å²) < 4.78 is 14.5. The maximum absolute atomic E-state index is 5.05. The molecule has 0 fully saturated rings. The molecule has 0 aliphatic rings. The van der Waals surface area contributed by atoms with Crippen LogP contribution in [0.25, 0.3) is 0 Å². The average molecular weight is 340 g/mol. The van der Waals surface area contributed by atoms with Crippen molar-refractivity contribution < 1.29 is 13.3 Å². The van der Waals surface area contributed by atoms with Crippen LogP contribution in [-0.2, 0) is 0 Å². The molecule has 2 N–H and O–H groups in total. The summed E-state index contributed by atoms with van der Waals surface area (Å²) in [6.07, 6.45) is 0. The molecule has 0 amide bonds. The molecule has 0 radical (unpaired) electrons. The maximum atomic E-state index is 5.05. The molecular weight excluding hydrogens is 316 g/mol. The molecule has 0 aromatic carbocycles. The summed E-state index contributed by atoms with van der Waals surface area (Å²) in [5, 5.41) is 21.5. The molecule has 0 spiro atoms. The van der Waals surface area contributed by atoms with E-state index in [-0.39, 0.29) is 13.4 Å². The first-order chi connectivity index (χ1) is 10.8. The van der Waals surface area contributed by atoms with Gasteiger partial charge in [-0.25, -0.2) is 0 Å². The molecule has 0 saturated heterocycles. The average Bonchev–Trinajstić information content (AvgIpc) is 3.15. The summed E-state index contributed by atoms with van der Waals surface area (Å²) >= 11 is 0. The number of rotatable bonds is 1. The third-order valence-corrected chi connectivity index (χ3v) is 2.07. The number of nitrogens with zero attached hydrogens (tertiary/aromatic N) is 7. The van der Waals surface area contributed by atoms with E-state index in [4.69, 9.17) is 14.6 Å². The highest BCUT2D eigenvalue weighted by Gasteiger charge is 2.01. The van der Waals surface area contributed by atoms with Gasteiger partial charge < -0.3 is 23.9 Å². The molecule has 0 saturated carbocycles. The van der Waals surface area contributed by atoms with Crippen LogP contribution in [0.4, 0.5) is 12.0 Å². The predicted molar refractivity (Wildman–Crippen MR) is 87.3 cm³/mol.